The highest BCUT2D eigenvalue weighted by atomic mass is 35.5. The number of carboxylic acids is 1. The van der Waals surface area contributed by atoms with Crippen molar-refractivity contribution < 1.29 is 27.9 Å². The molecule has 6 nitrogen and oxygen atoms in total. The number of aliphatic imine (C=N–C) groups is 1. The first kappa shape index (κ1) is 31.3. The number of rotatable bonds is 10. The lowest BCUT2D eigenvalue weighted by atomic mass is 9.95. The Labute approximate surface area is 248 Å². The number of nitrogens with zero attached hydrogens (tertiary/aromatic N) is 2. The molecule has 2 atom stereocenters. The number of likely N-dealkylation sites (tertiary alicyclic amines) is 1. The minimum Gasteiger partial charge on any atom is -0.481 e. The predicted molar refractivity (Wildman–Crippen MR) is 158 cm³/mol. The lowest BCUT2D eigenvalue weighted by Gasteiger charge is -2.33. The van der Waals surface area contributed by atoms with Crippen molar-refractivity contribution in [1.29, 1.82) is 0 Å². The number of carboxylic acid groups (broad SMARTS) is 1. The van der Waals surface area contributed by atoms with Crippen LogP contribution in [-0.2, 0) is 22.2 Å². The summed E-state index contributed by atoms with van der Waals surface area (Å²) in [6, 6.07) is 18.7. The number of carbonyl (C=O) groups is 2. The molecule has 0 saturated carbocycles. The first-order valence-corrected chi connectivity index (χ1v) is 14.2. The number of anilines is 1. The molecule has 0 radical (unpaired) electrons. The summed E-state index contributed by atoms with van der Waals surface area (Å²) < 4.78 is 38.9. The molecule has 2 N–H and O–H groups in total. The Kier molecular flexibility index (Phi) is 9.74. The molecule has 3 aromatic rings. The van der Waals surface area contributed by atoms with Crippen LogP contribution >= 0.6 is 11.6 Å². The van der Waals surface area contributed by atoms with Crippen LogP contribution in [-0.4, -0.2) is 52.8 Å². The van der Waals surface area contributed by atoms with E-state index in [0.29, 0.717) is 33.1 Å². The van der Waals surface area contributed by atoms with Crippen molar-refractivity contribution in [2.24, 2.45) is 10.9 Å². The Balaban J connectivity index is 1.68. The Morgan fingerprint density at radius 3 is 2.40 bits per heavy atom. The van der Waals surface area contributed by atoms with Gasteiger partial charge < -0.3 is 10.4 Å². The molecule has 10 heteroatoms. The SMILES string of the molecule is CCN1CCC[C@]1(C)C(=O)Nc1ccc(Cl)cc1C(=NC[C@H](Cc1ccc(C(F)(F)F)cc1)C(=O)O)c1ccccc1. The fourth-order valence-electron chi connectivity index (χ4n) is 5.34. The van der Waals surface area contributed by atoms with Gasteiger partial charge in [-0.3, -0.25) is 19.5 Å². The van der Waals surface area contributed by atoms with Crippen LogP contribution in [0.15, 0.2) is 77.8 Å². The molecule has 0 aliphatic carbocycles. The lowest BCUT2D eigenvalue weighted by Crippen LogP contribution is -2.50. The molecule has 1 aliphatic rings. The summed E-state index contributed by atoms with van der Waals surface area (Å²) >= 11 is 6.40. The molecule has 222 valence electrons. The fraction of sp³-hybridized carbons (Fsp3) is 0.344. The minimum absolute atomic E-state index is 0.0105. The van der Waals surface area contributed by atoms with E-state index in [4.69, 9.17) is 16.6 Å². The Hall–Kier alpha value is -3.69. The van der Waals surface area contributed by atoms with E-state index < -0.39 is 29.2 Å². The summed E-state index contributed by atoms with van der Waals surface area (Å²) in [7, 11) is 0. The highest BCUT2D eigenvalue weighted by Crippen LogP contribution is 2.32. The molecule has 0 unspecified atom stereocenters. The number of alkyl halides is 3. The van der Waals surface area contributed by atoms with Gasteiger partial charge in [0.1, 0.15) is 0 Å². The number of aliphatic carboxylic acids is 1. The number of benzene rings is 3. The predicted octanol–water partition coefficient (Wildman–Crippen LogP) is 6.95. The molecule has 3 aromatic carbocycles. The average molecular weight is 600 g/mol. The molecular formula is C32H33ClF3N3O3. The molecule has 4 rings (SSSR count). The number of amides is 1. The minimum atomic E-state index is -4.48. The van der Waals surface area contributed by atoms with Crippen LogP contribution in [0.25, 0.3) is 0 Å². The van der Waals surface area contributed by atoms with Crippen molar-refractivity contribution in [3.63, 3.8) is 0 Å². The van der Waals surface area contributed by atoms with E-state index in [1.807, 2.05) is 44.2 Å². The average Bonchev–Trinajstić information content (AvgIpc) is 3.35. The summed E-state index contributed by atoms with van der Waals surface area (Å²) in [5, 5.41) is 13.4. The second kappa shape index (κ2) is 13.1. The van der Waals surface area contributed by atoms with Crippen LogP contribution in [0, 0.1) is 5.92 Å². The fourth-order valence-corrected chi connectivity index (χ4v) is 5.51. The van der Waals surface area contributed by atoms with Gasteiger partial charge in [-0.15, -0.1) is 0 Å². The molecule has 42 heavy (non-hydrogen) atoms. The monoisotopic (exact) mass is 599 g/mol. The number of carbonyl (C=O) groups excluding carboxylic acids is 1. The third kappa shape index (κ3) is 7.20. The van der Waals surface area contributed by atoms with Crippen molar-refractivity contribution in [3.05, 3.63) is 100 Å². The van der Waals surface area contributed by atoms with Gasteiger partial charge in [-0.05, 0) is 75.2 Å². The molecule has 0 bridgehead atoms. The Morgan fingerprint density at radius 2 is 1.79 bits per heavy atom. The summed E-state index contributed by atoms with van der Waals surface area (Å²) in [5.41, 5.74) is 1.13. The summed E-state index contributed by atoms with van der Waals surface area (Å²) in [6.45, 7) is 5.37. The second-order valence-corrected chi connectivity index (χ2v) is 11.0. The highest BCUT2D eigenvalue weighted by Gasteiger charge is 2.42. The molecule has 0 spiro atoms. The van der Waals surface area contributed by atoms with E-state index in [0.717, 1.165) is 38.1 Å². The van der Waals surface area contributed by atoms with Gasteiger partial charge >= 0.3 is 12.1 Å². The van der Waals surface area contributed by atoms with Crippen LogP contribution in [0.3, 0.4) is 0 Å². The zero-order valence-electron chi connectivity index (χ0n) is 23.4. The molecule has 1 fully saturated rings. The molecular weight excluding hydrogens is 567 g/mol. The van der Waals surface area contributed by atoms with E-state index in [1.165, 1.54) is 12.1 Å². The maximum atomic E-state index is 13.6. The summed E-state index contributed by atoms with van der Waals surface area (Å²) in [4.78, 5) is 32.6. The molecule has 0 aromatic heterocycles. The third-order valence-corrected chi connectivity index (χ3v) is 8.01. The van der Waals surface area contributed by atoms with Crippen LogP contribution in [0.4, 0.5) is 18.9 Å². The zero-order valence-corrected chi connectivity index (χ0v) is 24.2. The summed E-state index contributed by atoms with van der Waals surface area (Å²) in [6.07, 6.45) is -2.85. The third-order valence-electron chi connectivity index (χ3n) is 7.77. The number of likely N-dealkylation sites (N-methyl/N-ethyl adjacent to an activating group) is 1. The van der Waals surface area contributed by atoms with Gasteiger partial charge in [0.05, 0.1) is 35.0 Å². The number of nitrogens with one attached hydrogen (secondary N) is 1. The number of hydrogen-bond donors (Lipinski definition) is 2. The second-order valence-electron chi connectivity index (χ2n) is 10.6. The van der Waals surface area contributed by atoms with Crippen molar-refractivity contribution >= 4 is 34.9 Å². The Bertz CT molecular complexity index is 1440. The van der Waals surface area contributed by atoms with Gasteiger partial charge in [0.2, 0.25) is 5.91 Å². The van der Waals surface area contributed by atoms with Crippen molar-refractivity contribution in [2.75, 3.05) is 25.0 Å². The van der Waals surface area contributed by atoms with Crippen LogP contribution in [0.2, 0.25) is 5.02 Å². The van der Waals surface area contributed by atoms with Crippen LogP contribution in [0.1, 0.15) is 48.9 Å². The van der Waals surface area contributed by atoms with Crippen molar-refractivity contribution in [2.45, 2.75) is 44.8 Å². The first-order valence-electron chi connectivity index (χ1n) is 13.8. The van der Waals surface area contributed by atoms with Gasteiger partial charge in [-0.1, -0.05) is 61.0 Å². The molecule has 1 saturated heterocycles. The number of halogens is 4. The lowest BCUT2D eigenvalue weighted by molar-refractivity contribution is -0.141. The van der Waals surface area contributed by atoms with Gasteiger partial charge in [0, 0.05) is 16.1 Å². The number of hydrogen-bond acceptors (Lipinski definition) is 4. The van der Waals surface area contributed by atoms with E-state index >= 15 is 0 Å². The van der Waals surface area contributed by atoms with Crippen molar-refractivity contribution in [1.82, 2.24) is 4.90 Å². The maximum Gasteiger partial charge on any atom is 0.416 e. The smallest absolute Gasteiger partial charge is 0.416 e. The first-order chi connectivity index (χ1) is 19.9. The normalized spacial score (nSPS) is 18.6. The van der Waals surface area contributed by atoms with Crippen LogP contribution in [0.5, 0.6) is 0 Å². The van der Waals surface area contributed by atoms with Crippen LogP contribution < -0.4 is 5.32 Å². The molecule has 1 amide bonds. The van der Waals surface area contributed by atoms with E-state index in [-0.39, 0.29) is 18.9 Å². The van der Waals surface area contributed by atoms with Crippen molar-refractivity contribution in [3.8, 4) is 0 Å². The van der Waals surface area contributed by atoms with Gasteiger partial charge in [0.25, 0.3) is 0 Å². The standard InChI is InChI=1S/C32H33ClF3N3O3/c1-3-39-17-7-16-31(39,2)30(42)38-27-15-14-25(33)19-26(27)28(22-8-5-4-6-9-22)37-20-23(29(40)41)18-21-10-12-24(13-11-21)32(34,35)36/h4-6,8-15,19,23H,3,7,16-18,20H2,1-2H3,(H,38,42)(H,40,41)/t23-,31+/m0/s1. The summed E-state index contributed by atoms with van der Waals surface area (Å²) in [5.74, 6) is -2.28. The molecule has 1 heterocycles. The maximum absolute atomic E-state index is 13.6. The van der Waals surface area contributed by atoms with E-state index in [2.05, 4.69) is 10.2 Å². The van der Waals surface area contributed by atoms with E-state index in [1.54, 1.807) is 18.2 Å². The zero-order chi connectivity index (χ0) is 30.5. The quantitative estimate of drug-likeness (QED) is 0.247. The highest BCUT2D eigenvalue weighted by molar-refractivity contribution is 6.31. The van der Waals surface area contributed by atoms with Gasteiger partial charge in [-0.25, -0.2) is 0 Å². The largest absolute Gasteiger partial charge is 0.481 e. The van der Waals surface area contributed by atoms with E-state index in [9.17, 15) is 27.9 Å². The topological polar surface area (TPSA) is 82.0 Å². The molecule has 1 aliphatic heterocycles. The Morgan fingerprint density at radius 1 is 1.10 bits per heavy atom. The van der Waals surface area contributed by atoms with Gasteiger partial charge in [-0.2, -0.15) is 13.2 Å². The van der Waals surface area contributed by atoms with Gasteiger partial charge in [0.15, 0.2) is 0 Å².